The molecule has 9 heteroatoms. The van der Waals surface area contributed by atoms with Gasteiger partial charge in [-0.15, -0.1) is 13.2 Å². The number of carbonyl (C=O) groups is 1. The summed E-state index contributed by atoms with van der Waals surface area (Å²) >= 11 is 0. The molecule has 0 aliphatic carbocycles. The molecule has 1 aliphatic heterocycles. The number of unbranched alkanes of at least 4 members (excludes halogenated alkanes) is 1. The molecule has 0 atom stereocenters. The topological polar surface area (TPSA) is 71.8 Å². The van der Waals surface area contributed by atoms with Gasteiger partial charge in [0, 0.05) is 36.5 Å². The zero-order valence-electron chi connectivity index (χ0n) is 23.0. The first-order valence-electron chi connectivity index (χ1n) is 12.7. The van der Waals surface area contributed by atoms with Gasteiger partial charge in [0.05, 0.1) is 12.6 Å². The third kappa shape index (κ3) is 9.85. The van der Waals surface area contributed by atoms with E-state index in [1.807, 2.05) is 26.0 Å². The van der Waals surface area contributed by atoms with Crippen LogP contribution in [0.3, 0.4) is 0 Å². The minimum absolute atomic E-state index is 0.170. The summed E-state index contributed by atoms with van der Waals surface area (Å²) in [5, 5.41) is 8.76. The molecule has 1 saturated heterocycles. The number of rotatable bonds is 6. The molecule has 0 bridgehead atoms. The van der Waals surface area contributed by atoms with Gasteiger partial charge < -0.3 is 19.3 Å². The molecule has 1 amide bonds. The van der Waals surface area contributed by atoms with E-state index in [-0.39, 0.29) is 29.9 Å². The van der Waals surface area contributed by atoms with E-state index in [1.54, 1.807) is 29.5 Å². The van der Waals surface area contributed by atoms with Gasteiger partial charge in [-0.2, -0.15) is 0 Å². The highest BCUT2D eigenvalue weighted by Gasteiger charge is 2.32. The molecular formula is C29H39F3N2O4. The predicted octanol–water partition coefficient (Wildman–Crippen LogP) is 6.35. The van der Waals surface area contributed by atoms with Crippen LogP contribution in [0.25, 0.3) is 11.1 Å². The van der Waals surface area contributed by atoms with Crippen molar-refractivity contribution in [1.82, 2.24) is 9.47 Å². The lowest BCUT2D eigenvalue weighted by Crippen LogP contribution is -2.52. The molecule has 38 heavy (non-hydrogen) atoms. The monoisotopic (exact) mass is 536 g/mol. The Balaban J connectivity index is 0.000000794. The number of benzene rings is 1. The average Bonchev–Trinajstić information content (AvgIpc) is 2.86. The smallest absolute Gasteiger partial charge is 0.406 e. The van der Waals surface area contributed by atoms with E-state index in [9.17, 15) is 22.8 Å². The van der Waals surface area contributed by atoms with Crippen LogP contribution in [0.5, 0.6) is 5.75 Å². The van der Waals surface area contributed by atoms with E-state index in [1.165, 1.54) is 49.3 Å². The van der Waals surface area contributed by atoms with Crippen molar-refractivity contribution in [3.05, 3.63) is 76.2 Å². The van der Waals surface area contributed by atoms with Crippen LogP contribution < -0.4 is 10.3 Å². The van der Waals surface area contributed by atoms with Gasteiger partial charge in [0.15, 0.2) is 0 Å². The van der Waals surface area contributed by atoms with E-state index in [4.69, 9.17) is 5.11 Å². The molecule has 0 unspecified atom stereocenters. The van der Waals surface area contributed by atoms with Crippen molar-refractivity contribution < 1.29 is 27.8 Å². The standard InChI is InChI=1S/C21H21F3N2O4.C4H10.C4H8/c1-13-14(2)20(29)26(16-10-25(11-16)19(28)4-3-9-27)12-18(13)15-5-7-17(8-6-15)30-21(22,23)24;2*1-3-4-2/h3-8,12,16,27H,9-11H2,1-2H3;3-4H2,1-2H3;3-4H,1-2H3/b4-3+;;4-3-. The Labute approximate surface area is 223 Å². The van der Waals surface area contributed by atoms with Crippen LogP contribution in [0.2, 0.25) is 0 Å². The van der Waals surface area contributed by atoms with Crippen molar-refractivity contribution >= 4 is 5.91 Å². The largest absolute Gasteiger partial charge is 0.573 e. The Morgan fingerprint density at radius 3 is 2.05 bits per heavy atom. The van der Waals surface area contributed by atoms with Crippen LogP contribution in [0.1, 0.15) is 57.7 Å². The van der Waals surface area contributed by atoms with Gasteiger partial charge in [-0.05, 0) is 51.0 Å². The maximum absolute atomic E-state index is 12.7. The molecular weight excluding hydrogens is 497 g/mol. The Bertz CT molecular complexity index is 1120. The SMILES string of the molecule is C/C=C\C.CCCC.Cc1c(-c2ccc(OC(F)(F)F)cc2)cn(C2CN(C(=O)/C=C/CO)C2)c(=O)c1C. The van der Waals surface area contributed by atoms with Crippen LogP contribution in [0.15, 0.2) is 59.6 Å². The summed E-state index contributed by atoms with van der Waals surface area (Å²) in [6, 6.07) is 5.27. The summed E-state index contributed by atoms with van der Waals surface area (Å²) < 4.78 is 42.6. The first-order chi connectivity index (χ1) is 17.9. The van der Waals surface area contributed by atoms with Gasteiger partial charge in [-0.3, -0.25) is 9.59 Å². The Morgan fingerprint density at radius 1 is 1.05 bits per heavy atom. The molecule has 2 heterocycles. The highest BCUT2D eigenvalue weighted by Crippen LogP contribution is 2.30. The normalized spacial score (nSPS) is 13.5. The van der Waals surface area contributed by atoms with Crippen molar-refractivity contribution in [1.29, 1.82) is 0 Å². The number of likely N-dealkylation sites (tertiary alicyclic amines) is 1. The Morgan fingerprint density at radius 2 is 1.61 bits per heavy atom. The molecule has 2 aromatic rings. The van der Waals surface area contributed by atoms with Gasteiger partial charge in [0.25, 0.3) is 5.56 Å². The van der Waals surface area contributed by atoms with Crippen molar-refractivity contribution in [2.45, 2.75) is 66.8 Å². The number of alkyl halides is 3. The second kappa shape index (κ2) is 15.8. The number of nitrogens with zero attached hydrogens (tertiary/aromatic N) is 2. The Kier molecular flexibility index (Phi) is 13.6. The highest BCUT2D eigenvalue weighted by molar-refractivity contribution is 5.88. The number of aliphatic hydroxyl groups is 1. The van der Waals surface area contributed by atoms with Crippen LogP contribution in [-0.2, 0) is 4.79 Å². The van der Waals surface area contributed by atoms with Gasteiger partial charge in [-0.25, -0.2) is 0 Å². The zero-order chi connectivity index (χ0) is 28.9. The minimum atomic E-state index is -4.76. The molecule has 0 spiro atoms. The van der Waals surface area contributed by atoms with Crippen molar-refractivity contribution in [3.63, 3.8) is 0 Å². The molecule has 1 aromatic carbocycles. The number of aromatic nitrogens is 1. The lowest BCUT2D eigenvalue weighted by atomic mass is 9.98. The van der Waals surface area contributed by atoms with Gasteiger partial charge in [0.2, 0.25) is 5.91 Å². The van der Waals surface area contributed by atoms with E-state index >= 15 is 0 Å². The summed E-state index contributed by atoms with van der Waals surface area (Å²) in [6.45, 7) is 12.3. The van der Waals surface area contributed by atoms with Crippen LogP contribution in [0, 0.1) is 13.8 Å². The van der Waals surface area contributed by atoms with Crippen LogP contribution >= 0.6 is 0 Å². The molecule has 0 saturated carbocycles. The number of pyridine rings is 1. The van der Waals surface area contributed by atoms with Gasteiger partial charge >= 0.3 is 6.36 Å². The zero-order valence-corrected chi connectivity index (χ0v) is 23.0. The molecule has 0 radical (unpaired) electrons. The molecule has 1 fully saturated rings. The number of ether oxygens (including phenoxy) is 1. The van der Waals surface area contributed by atoms with Crippen molar-refractivity contribution in [3.8, 4) is 16.9 Å². The molecule has 1 N–H and O–H groups in total. The summed E-state index contributed by atoms with van der Waals surface area (Å²) in [4.78, 5) is 26.2. The Hall–Kier alpha value is -3.33. The predicted molar refractivity (Wildman–Crippen MR) is 145 cm³/mol. The number of amides is 1. The maximum atomic E-state index is 12.7. The molecule has 6 nitrogen and oxygen atoms in total. The summed E-state index contributed by atoms with van der Waals surface area (Å²) in [5.74, 6) is -0.560. The van der Waals surface area contributed by atoms with Crippen molar-refractivity contribution in [2.75, 3.05) is 19.7 Å². The van der Waals surface area contributed by atoms with Crippen LogP contribution in [0.4, 0.5) is 13.2 Å². The summed E-state index contributed by atoms with van der Waals surface area (Å²) in [7, 11) is 0. The third-order valence-electron chi connectivity index (χ3n) is 5.96. The highest BCUT2D eigenvalue weighted by atomic mass is 19.4. The average molecular weight is 537 g/mol. The summed E-state index contributed by atoms with van der Waals surface area (Å²) in [5.41, 5.74) is 2.47. The van der Waals surface area contributed by atoms with E-state index in [0.29, 0.717) is 24.2 Å². The molecule has 3 rings (SSSR count). The van der Waals surface area contributed by atoms with Gasteiger partial charge in [-0.1, -0.05) is 57.0 Å². The second-order valence-electron chi connectivity index (χ2n) is 8.73. The van der Waals surface area contributed by atoms with E-state index in [0.717, 1.165) is 11.1 Å². The van der Waals surface area contributed by atoms with Crippen LogP contribution in [-0.4, -0.2) is 46.5 Å². The number of allylic oxidation sites excluding steroid dienone is 2. The molecule has 210 valence electrons. The van der Waals surface area contributed by atoms with Gasteiger partial charge in [0.1, 0.15) is 5.75 Å². The number of halogens is 3. The quantitative estimate of drug-likeness (QED) is 0.345. The van der Waals surface area contributed by atoms with E-state index < -0.39 is 6.36 Å². The lowest BCUT2D eigenvalue weighted by molar-refractivity contribution is -0.274. The number of hydrogen-bond acceptors (Lipinski definition) is 4. The van der Waals surface area contributed by atoms with Crippen molar-refractivity contribution in [2.24, 2.45) is 0 Å². The second-order valence-corrected chi connectivity index (χ2v) is 8.73. The lowest BCUT2D eigenvalue weighted by Gasteiger charge is -2.40. The fourth-order valence-corrected chi connectivity index (χ4v) is 3.32. The minimum Gasteiger partial charge on any atom is -0.406 e. The number of carbonyl (C=O) groups excluding carboxylic acids is 1. The number of aliphatic hydroxyl groups excluding tert-OH is 1. The number of hydrogen-bond donors (Lipinski definition) is 1. The first kappa shape index (κ1) is 32.7. The van der Waals surface area contributed by atoms with E-state index in [2.05, 4.69) is 18.6 Å². The summed E-state index contributed by atoms with van der Waals surface area (Å²) in [6.07, 6.45) is 6.19. The molecule has 1 aliphatic rings. The first-order valence-corrected chi connectivity index (χ1v) is 12.7. The molecule has 1 aromatic heterocycles. The fraction of sp³-hybridized carbons (Fsp3) is 0.448. The maximum Gasteiger partial charge on any atom is 0.573 e. The third-order valence-corrected chi connectivity index (χ3v) is 5.96. The fourth-order valence-electron chi connectivity index (χ4n) is 3.32.